The van der Waals surface area contributed by atoms with Crippen LogP contribution in [-0.4, -0.2) is 23.2 Å². The largest absolute Gasteiger partial charge is 0.489 e. The molecule has 5 nitrogen and oxygen atoms in total. The molecule has 152 valence electrons. The highest BCUT2D eigenvalue weighted by Crippen LogP contribution is 2.23. The molecule has 1 heterocycles. The second-order valence-corrected chi connectivity index (χ2v) is 7.17. The van der Waals surface area contributed by atoms with Gasteiger partial charge in [-0.2, -0.15) is 5.10 Å². The molecule has 0 amide bonds. The van der Waals surface area contributed by atoms with Gasteiger partial charge in [-0.3, -0.25) is 4.68 Å². The number of carbonyl (C=O) groups excluding carboxylic acids is 1. The fourth-order valence-electron chi connectivity index (χ4n) is 3.51. The minimum Gasteiger partial charge on any atom is -0.489 e. The maximum absolute atomic E-state index is 10.7. The molecule has 0 radical (unpaired) electrons. The highest BCUT2D eigenvalue weighted by atomic mass is 16.5. The maximum atomic E-state index is 10.7. The number of aromatic nitrogens is 2. The number of methoxy groups -OCH3 is 1. The maximum Gasteiger partial charge on any atom is 0.122 e. The molecule has 4 aromatic rings. The van der Waals surface area contributed by atoms with Crippen molar-refractivity contribution < 1.29 is 14.3 Å². The van der Waals surface area contributed by atoms with Crippen LogP contribution < -0.4 is 4.74 Å². The van der Waals surface area contributed by atoms with Crippen LogP contribution >= 0.6 is 0 Å². The number of carbonyl (C=O) groups is 1. The van der Waals surface area contributed by atoms with E-state index in [0.717, 1.165) is 40.6 Å². The summed E-state index contributed by atoms with van der Waals surface area (Å²) in [6.45, 7) is 1.22. The first kappa shape index (κ1) is 19.9. The molecule has 0 aliphatic rings. The molecule has 0 aliphatic heterocycles. The van der Waals surface area contributed by atoms with E-state index >= 15 is 0 Å². The van der Waals surface area contributed by atoms with Gasteiger partial charge < -0.3 is 14.3 Å². The number of nitrogens with zero attached hydrogens (tertiary/aromatic N) is 2. The molecule has 0 fully saturated rings. The van der Waals surface area contributed by atoms with Gasteiger partial charge in [0.2, 0.25) is 0 Å². The van der Waals surface area contributed by atoms with Crippen molar-refractivity contribution >= 4 is 17.2 Å². The Morgan fingerprint density at radius 1 is 1.00 bits per heavy atom. The Kier molecular flexibility index (Phi) is 6.20. The van der Waals surface area contributed by atoms with Gasteiger partial charge in [0.25, 0.3) is 0 Å². The van der Waals surface area contributed by atoms with Crippen molar-refractivity contribution in [1.29, 1.82) is 0 Å². The molecule has 1 unspecified atom stereocenters. The van der Waals surface area contributed by atoms with Crippen molar-refractivity contribution in [1.82, 2.24) is 9.78 Å². The third kappa shape index (κ3) is 4.58. The summed E-state index contributed by atoms with van der Waals surface area (Å²) in [5.41, 5.74) is 4.38. The molecule has 0 N–H and O–H groups in total. The topological polar surface area (TPSA) is 53.4 Å². The van der Waals surface area contributed by atoms with Gasteiger partial charge in [-0.25, -0.2) is 0 Å². The Morgan fingerprint density at radius 2 is 1.80 bits per heavy atom. The van der Waals surface area contributed by atoms with Crippen LogP contribution in [0.4, 0.5) is 0 Å². The second-order valence-electron chi connectivity index (χ2n) is 7.17. The summed E-state index contributed by atoms with van der Waals surface area (Å²) >= 11 is 0. The van der Waals surface area contributed by atoms with E-state index in [1.54, 1.807) is 7.11 Å². The van der Waals surface area contributed by atoms with Crippen molar-refractivity contribution in [2.24, 2.45) is 0 Å². The fraction of sp³-hybridized carbons (Fsp3) is 0.200. The van der Waals surface area contributed by atoms with E-state index < -0.39 is 0 Å². The monoisotopic (exact) mass is 400 g/mol. The van der Waals surface area contributed by atoms with Crippen molar-refractivity contribution in [3.05, 3.63) is 95.7 Å². The van der Waals surface area contributed by atoms with Gasteiger partial charge in [0.1, 0.15) is 18.6 Å². The lowest BCUT2D eigenvalue weighted by Gasteiger charge is -2.13. The van der Waals surface area contributed by atoms with E-state index in [1.165, 1.54) is 5.56 Å². The number of aldehydes is 1. The zero-order valence-corrected chi connectivity index (χ0v) is 16.9. The molecule has 5 heteroatoms. The minimum absolute atomic E-state index is 0.216. The quantitative estimate of drug-likeness (QED) is 0.374. The highest BCUT2D eigenvalue weighted by molar-refractivity contribution is 5.79. The van der Waals surface area contributed by atoms with E-state index in [-0.39, 0.29) is 6.10 Å². The smallest absolute Gasteiger partial charge is 0.122 e. The molecule has 0 saturated carbocycles. The van der Waals surface area contributed by atoms with Gasteiger partial charge in [-0.1, -0.05) is 48.5 Å². The standard InChI is InChI=1S/C25H24N2O3/c1-29-25(13-14-28)21-8-10-23(11-9-21)30-18-20-7-12-24-22(15-20)16-26-27(24)17-19-5-3-2-4-6-19/h2-12,14-16,25H,13,17-18H2,1H3. The fourth-order valence-corrected chi connectivity index (χ4v) is 3.51. The van der Waals surface area contributed by atoms with Gasteiger partial charge >= 0.3 is 0 Å². The zero-order chi connectivity index (χ0) is 20.8. The van der Waals surface area contributed by atoms with Crippen molar-refractivity contribution in [2.75, 3.05) is 7.11 Å². The molecule has 0 bridgehead atoms. The summed E-state index contributed by atoms with van der Waals surface area (Å²) < 4.78 is 13.3. The molecule has 30 heavy (non-hydrogen) atoms. The average molecular weight is 400 g/mol. The summed E-state index contributed by atoms with van der Waals surface area (Å²) in [5.74, 6) is 0.777. The number of hydrogen-bond acceptors (Lipinski definition) is 4. The Bertz CT molecular complexity index is 1100. The number of fused-ring (bicyclic) bond motifs is 1. The molecular weight excluding hydrogens is 376 g/mol. The summed E-state index contributed by atoms with van der Waals surface area (Å²) in [5, 5.41) is 5.63. The normalized spacial score (nSPS) is 12.0. The molecule has 0 aliphatic carbocycles. The van der Waals surface area contributed by atoms with Crippen molar-refractivity contribution in [3.8, 4) is 5.75 Å². The first-order valence-corrected chi connectivity index (χ1v) is 9.94. The van der Waals surface area contributed by atoms with E-state index in [0.29, 0.717) is 13.0 Å². The Morgan fingerprint density at radius 3 is 2.53 bits per heavy atom. The van der Waals surface area contributed by atoms with Gasteiger partial charge in [0.15, 0.2) is 0 Å². The van der Waals surface area contributed by atoms with E-state index in [1.807, 2.05) is 53.3 Å². The molecule has 3 aromatic carbocycles. The zero-order valence-electron chi connectivity index (χ0n) is 16.9. The first-order chi connectivity index (χ1) is 14.8. The summed E-state index contributed by atoms with van der Waals surface area (Å²) in [7, 11) is 1.61. The summed E-state index contributed by atoms with van der Waals surface area (Å²) in [4.78, 5) is 10.7. The summed E-state index contributed by atoms with van der Waals surface area (Å²) in [6, 6.07) is 24.3. The van der Waals surface area contributed by atoms with Crippen molar-refractivity contribution in [3.63, 3.8) is 0 Å². The lowest BCUT2D eigenvalue weighted by Crippen LogP contribution is -2.02. The van der Waals surface area contributed by atoms with E-state index in [9.17, 15) is 4.79 Å². The van der Waals surface area contributed by atoms with Crippen LogP contribution in [0.25, 0.3) is 10.9 Å². The lowest BCUT2D eigenvalue weighted by molar-refractivity contribution is -0.110. The number of benzene rings is 3. The Balaban J connectivity index is 1.41. The molecule has 4 rings (SSSR count). The Labute approximate surface area is 175 Å². The average Bonchev–Trinajstić information content (AvgIpc) is 3.19. The highest BCUT2D eigenvalue weighted by Gasteiger charge is 2.10. The molecular formula is C25H24N2O3. The van der Waals surface area contributed by atoms with Gasteiger partial charge in [0, 0.05) is 18.9 Å². The van der Waals surface area contributed by atoms with Crippen LogP contribution in [0.5, 0.6) is 5.75 Å². The minimum atomic E-state index is -0.216. The molecule has 0 spiro atoms. The van der Waals surface area contributed by atoms with E-state index in [4.69, 9.17) is 9.47 Å². The van der Waals surface area contributed by atoms with E-state index in [2.05, 4.69) is 35.4 Å². The molecule has 1 atom stereocenters. The third-order valence-corrected chi connectivity index (χ3v) is 5.13. The van der Waals surface area contributed by atoms with Gasteiger partial charge in [-0.05, 0) is 41.0 Å². The van der Waals surface area contributed by atoms with Crippen molar-refractivity contribution in [2.45, 2.75) is 25.7 Å². The predicted molar refractivity (Wildman–Crippen MR) is 116 cm³/mol. The van der Waals surface area contributed by atoms with Gasteiger partial charge in [0.05, 0.1) is 24.4 Å². The van der Waals surface area contributed by atoms with Crippen LogP contribution in [0, 0.1) is 0 Å². The predicted octanol–water partition coefficient (Wildman–Crippen LogP) is 4.94. The molecule has 1 aromatic heterocycles. The van der Waals surface area contributed by atoms with Gasteiger partial charge in [-0.15, -0.1) is 0 Å². The molecule has 0 saturated heterocycles. The SMILES string of the molecule is COC(CC=O)c1ccc(OCc2ccc3c(cnn3Cc3ccccc3)c2)cc1. The number of rotatable bonds is 9. The Hall–Kier alpha value is -3.44. The van der Waals surface area contributed by atoms with Crippen LogP contribution in [0.2, 0.25) is 0 Å². The van der Waals surface area contributed by atoms with Crippen LogP contribution in [-0.2, 0) is 22.7 Å². The number of ether oxygens (including phenoxy) is 2. The lowest BCUT2D eigenvalue weighted by atomic mass is 10.1. The van der Waals surface area contributed by atoms with Crippen LogP contribution in [0.1, 0.15) is 29.2 Å². The second kappa shape index (κ2) is 9.37. The summed E-state index contributed by atoms with van der Waals surface area (Å²) in [6.07, 6.45) is 2.89. The number of hydrogen-bond donors (Lipinski definition) is 0. The van der Waals surface area contributed by atoms with Crippen LogP contribution in [0.15, 0.2) is 79.0 Å². The first-order valence-electron chi connectivity index (χ1n) is 9.94. The third-order valence-electron chi connectivity index (χ3n) is 5.13. The van der Waals surface area contributed by atoms with Crippen LogP contribution in [0.3, 0.4) is 0 Å².